The first-order chi connectivity index (χ1) is 10.8. The molecule has 2 aliphatic rings. The summed E-state index contributed by atoms with van der Waals surface area (Å²) in [5.74, 6) is 0.643. The van der Waals surface area contributed by atoms with E-state index < -0.39 is 0 Å². The van der Waals surface area contributed by atoms with Crippen LogP contribution in [0.2, 0.25) is 0 Å². The number of hydrogen-bond acceptors (Lipinski definition) is 3. The van der Waals surface area contributed by atoms with Gasteiger partial charge in [-0.25, -0.2) is 0 Å². The van der Waals surface area contributed by atoms with Gasteiger partial charge >= 0.3 is 0 Å². The smallest absolute Gasteiger partial charge is 0.0991 e. The van der Waals surface area contributed by atoms with Gasteiger partial charge in [-0.15, -0.1) is 0 Å². The van der Waals surface area contributed by atoms with Crippen molar-refractivity contribution in [2.45, 2.75) is 50.5 Å². The standard InChI is InChI=1S/C19H27N3/c20-15-16-4-3-5-18(14-16)17-6-8-19(9-7-17)21-10-13-22-11-1-2-12-22/h3-5,14,17,19,21H,1-2,6-13H2/t17-,19-. The first-order valence-electron chi connectivity index (χ1n) is 8.81. The Morgan fingerprint density at radius 2 is 1.91 bits per heavy atom. The Hall–Kier alpha value is -1.37. The maximum absolute atomic E-state index is 9.03. The molecule has 3 heteroatoms. The molecule has 1 aromatic rings. The van der Waals surface area contributed by atoms with Gasteiger partial charge in [0.1, 0.15) is 0 Å². The van der Waals surface area contributed by atoms with Crippen LogP contribution < -0.4 is 5.32 Å². The highest BCUT2D eigenvalue weighted by Crippen LogP contribution is 2.33. The summed E-state index contributed by atoms with van der Waals surface area (Å²) in [5, 5.41) is 12.8. The predicted octanol–water partition coefficient (Wildman–Crippen LogP) is 3.27. The molecule has 0 unspecified atom stereocenters. The normalized spacial score (nSPS) is 26.0. The second kappa shape index (κ2) is 7.76. The Kier molecular flexibility index (Phi) is 5.48. The summed E-state index contributed by atoms with van der Waals surface area (Å²) in [7, 11) is 0. The minimum absolute atomic E-state index is 0.643. The molecule has 1 aliphatic carbocycles. The van der Waals surface area contributed by atoms with Crippen molar-refractivity contribution in [1.29, 1.82) is 5.26 Å². The van der Waals surface area contributed by atoms with Crippen molar-refractivity contribution in [3.8, 4) is 6.07 Å². The van der Waals surface area contributed by atoms with Gasteiger partial charge < -0.3 is 10.2 Å². The Morgan fingerprint density at radius 1 is 1.14 bits per heavy atom. The zero-order valence-electron chi connectivity index (χ0n) is 13.4. The van der Waals surface area contributed by atoms with Crippen molar-refractivity contribution in [2.24, 2.45) is 0 Å². The molecule has 0 radical (unpaired) electrons. The largest absolute Gasteiger partial charge is 0.313 e. The van der Waals surface area contributed by atoms with E-state index in [1.54, 1.807) is 0 Å². The number of hydrogen-bond donors (Lipinski definition) is 1. The lowest BCUT2D eigenvalue weighted by atomic mass is 9.81. The number of benzene rings is 1. The van der Waals surface area contributed by atoms with Gasteiger partial charge in [-0.3, -0.25) is 0 Å². The summed E-state index contributed by atoms with van der Waals surface area (Å²) >= 11 is 0. The van der Waals surface area contributed by atoms with Gasteiger partial charge in [-0.1, -0.05) is 12.1 Å². The lowest BCUT2D eigenvalue weighted by Crippen LogP contribution is -2.38. The van der Waals surface area contributed by atoms with Crippen LogP contribution in [0.25, 0.3) is 0 Å². The van der Waals surface area contributed by atoms with Crippen molar-refractivity contribution in [2.75, 3.05) is 26.2 Å². The molecule has 0 atom stereocenters. The molecule has 3 rings (SSSR count). The molecule has 0 spiro atoms. The van der Waals surface area contributed by atoms with E-state index in [9.17, 15) is 0 Å². The fourth-order valence-corrected chi connectivity index (χ4v) is 3.93. The van der Waals surface area contributed by atoms with Gasteiger partial charge in [0.05, 0.1) is 11.6 Å². The quantitative estimate of drug-likeness (QED) is 0.906. The average Bonchev–Trinajstić information content (AvgIpc) is 3.09. The van der Waals surface area contributed by atoms with Gasteiger partial charge in [-0.2, -0.15) is 5.26 Å². The van der Waals surface area contributed by atoms with E-state index >= 15 is 0 Å². The van der Waals surface area contributed by atoms with Crippen LogP contribution >= 0.6 is 0 Å². The molecule has 2 fully saturated rings. The fraction of sp³-hybridized carbons (Fsp3) is 0.632. The van der Waals surface area contributed by atoms with E-state index in [-0.39, 0.29) is 0 Å². The van der Waals surface area contributed by atoms with Crippen LogP contribution in [0.4, 0.5) is 0 Å². The van der Waals surface area contributed by atoms with Gasteiger partial charge in [-0.05, 0) is 75.2 Å². The predicted molar refractivity (Wildman–Crippen MR) is 89.8 cm³/mol. The molecular formula is C19H27N3. The summed E-state index contributed by atoms with van der Waals surface area (Å²) in [4.78, 5) is 2.58. The molecule has 1 aliphatic heterocycles. The zero-order valence-corrected chi connectivity index (χ0v) is 13.4. The van der Waals surface area contributed by atoms with Crippen LogP contribution in [0.1, 0.15) is 55.6 Å². The second-order valence-corrected chi connectivity index (χ2v) is 6.79. The van der Waals surface area contributed by atoms with Crippen molar-refractivity contribution in [3.05, 3.63) is 35.4 Å². The van der Waals surface area contributed by atoms with E-state index in [1.165, 1.54) is 63.7 Å². The summed E-state index contributed by atoms with van der Waals surface area (Å²) in [5.41, 5.74) is 2.15. The highest BCUT2D eigenvalue weighted by atomic mass is 15.2. The highest BCUT2D eigenvalue weighted by Gasteiger charge is 2.22. The molecule has 0 aromatic heterocycles. The van der Waals surface area contributed by atoms with Crippen molar-refractivity contribution < 1.29 is 0 Å². The lowest BCUT2D eigenvalue weighted by molar-refractivity contribution is 0.299. The van der Waals surface area contributed by atoms with E-state index in [1.807, 2.05) is 12.1 Å². The average molecular weight is 297 g/mol. The number of nitrogens with one attached hydrogen (secondary N) is 1. The molecule has 118 valence electrons. The van der Waals surface area contributed by atoms with E-state index in [0.717, 1.165) is 12.1 Å². The highest BCUT2D eigenvalue weighted by molar-refractivity contribution is 5.34. The first-order valence-corrected chi connectivity index (χ1v) is 8.81. The monoisotopic (exact) mass is 297 g/mol. The van der Waals surface area contributed by atoms with E-state index in [4.69, 9.17) is 5.26 Å². The molecule has 1 saturated carbocycles. The number of nitriles is 1. The summed E-state index contributed by atoms with van der Waals surface area (Å²) in [6.07, 6.45) is 7.79. The number of likely N-dealkylation sites (tertiary alicyclic amines) is 1. The first kappa shape index (κ1) is 15.5. The third kappa shape index (κ3) is 4.09. The van der Waals surface area contributed by atoms with Gasteiger partial charge in [0.25, 0.3) is 0 Å². The second-order valence-electron chi connectivity index (χ2n) is 6.79. The third-order valence-electron chi connectivity index (χ3n) is 5.27. The maximum Gasteiger partial charge on any atom is 0.0991 e. The molecule has 22 heavy (non-hydrogen) atoms. The van der Waals surface area contributed by atoms with Crippen LogP contribution in [0.3, 0.4) is 0 Å². The minimum atomic E-state index is 0.643. The Labute approximate surface area is 134 Å². The maximum atomic E-state index is 9.03. The van der Waals surface area contributed by atoms with Gasteiger partial charge in [0, 0.05) is 19.1 Å². The minimum Gasteiger partial charge on any atom is -0.313 e. The number of rotatable bonds is 5. The number of nitrogens with zero attached hydrogens (tertiary/aromatic N) is 2. The summed E-state index contributed by atoms with van der Waals surface area (Å²) in [6, 6.07) is 11.1. The van der Waals surface area contributed by atoms with Crippen molar-refractivity contribution >= 4 is 0 Å². The van der Waals surface area contributed by atoms with Crippen LogP contribution in [0.15, 0.2) is 24.3 Å². The molecule has 3 nitrogen and oxygen atoms in total. The SMILES string of the molecule is N#Cc1cccc([C@H]2CC[C@H](NCCN3CCCC3)CC2)c1. The molecule has 1 aromatic carbocycles. The molecule has 0 bridgehead atoms. The molecule has 1 N–H and O–H groups in total. The Bertz CT molecular complexity index is 506. The Morgan fingerprint density at radius 3 is 2.64 bits per heavy atom. The zero-order chi connectivity index (χ0) is 15.2. The van der Waals surface area contributed by atoms with Crippen molar-refractivity contribution in [3.63, 3.8) is 0 Å². The molecule has 1 saturated heterocycles. The lowest BCUT2D eigenvalue weighted by Gasteiger charge is -2.30. The molecule has 1 heterocycles. The molecular weight excluding hydrogens is 270 g/mol. The summed E-state index contributed by atoms with van der Waals surface area (Å²) in [6.45, 7) is 4.94. The molecule has 0 amide bonds. The van der Waals surface area contributed by atoms with E-state index in [2.05, 4.69) is 28.4 Å². The van der Waals surface area contributed by atoms with Gasteiger partial charge in [0.15, 0.2) is 0 Å². The third-order valence-corrected chi connectivity index (χ3v) is 5.27. The van der Waals surface area contributed by atoms with Crippen LogP contribution in [0, 0.1) is 11.3 Å². The summed E-state index contributed by atoms with van der Waals surface area (Å²) < 4.78 is 0. The van der Waals surface area contributed by atoms with Crippen LogP contribution in [0.5, 0.6) is 0 Å². The Balaban J connectivity index is 1.41. The van der Waals surface area contributed by atoms with Gasteiger partial charge in [0.2, 0.25) is 0 Å². The fourth-order valence-electron chi connectivity index (χ4n) is 3.93. The van der Waals surface area contributed by atoms with Crippen molar-refractivity contribution in [1.82, 2.24) is 10.2 Å². The van der Waals surface area contributed by atoms with Crippen LogP contribution in [-0.2, 0) is 0 Å². The topological polar surface area (TPSA) is 39.1 Å². The van der Waals surface area contributed by atoms with E-state index in [0.29, 0.717) is 12.0 Å². The van der Waals surface area contributed by atoms with Crippen LogP contribution in [-0.4, -0.2) is 37.1 Å².